The van der Waals surface area contributed by atoms with Gasteiger partial charge in [0.25, 0.3) is 0 Å². The summed E-state index contributed by atoms with van der Waals surface area (Å²) in [5, 5.41) is 2.49. The maximum Gasteiger partial charge on any atom is 0.162 e. The standard InChI is InChI=1S/C55H36N4/c1-4-14-36(15-5-1)49-35-54(57-55(56-49)37-16-6-2-7-17-37)59-50-29-27-38(30-41(50)24-25-42-32-43-31-40-18-10-11-21-45(40)48(43)34-52(42)59)39-26-28-47-46-22-12-13-23-51(46)58(53(47)33-39)44-19-8-3-9-20-44/h1-30,32-35H,31H2. The van der Waals surface area contributed by atoms with Crippen LogP contribution in [0.15, 0.2) is 194 Å². The van der Waals surface area contributed by atoms with Crippen molar-refractivity contribution in [2.24, 2.45) is 0 Å². The first-order chi connectivity index (χ1) is 29.2. The molecule has 276 valence electrons. The predicted octanol–water partition coefficient (Wildman–Crippen LogP) is 14.1. The second-order valence-corrected chi connectivity index (χ2v) is 15.4. The van der Waals surface area contributed by atoms with Gasteiger partial charge in [-0.05, 0) is 99.5 Å². The van der Waals surface area contributed by atoms with Crippen molar-refractivity contribution in [3.05, 3.63) is 216 Å². The minimum absolute atomic E-state index is 0.687. The highest BCUT2D eigenvalue weighted by Crippen LogP contribution is 2.48. The second kappa shape index (κ2) is 13.4. The number of hydrogen-bond donors (Lipinski definition) is 0. The molecule has 0 amide bonds. The smallest absolute Gasteiger partial charge is 0.162 e. The van der Waals surface area contributed by atoms with E-state index in [0.29, 0.717) is 5.82 Å². The number of aromatic nitrogens is 3. The summed E-state index contributed by atoms with van der Waals surface area (Å²) in [5.41, 5.74) is 18.5. The zero-order valence-electron chi connectivity index (χ0n) is 32.1. The van der Waals surface area contributed by atoms with Crippen molar-refractivity contribution in [3.63, 3.8) is 0 Å². The van der Waals surface area contributed by atoms with Crippen LogP contribution in [-0.4, -0.2) is 14.5 Å². The van der Waals surface area contributed by atoms with Gasteiger partial charge in [0.15, 0.2) is 5.82 Å². The van der Waals surface area contributed by atoms with Crippen molar-refractivity contribution >= 4 is 51.2 Å². The largest absolute Gasteiger partial charge is 0.309 e. The first-order valence-corrected chi connectivity index (χ1v) is 20.2. The van der Waals surface area contributed by atoms with Gasteiger partial charge < -0.3 is 4.57 Å². The number of para-hydroxylation sites is 2. The zero-order chi connectivity index (χ0) is 38.9. The molecule has 0 unspecified atom stereocenters. The summed E-state index contributed by atoms with van der Waals surface area (Å²) in [4.78, 5) is 12.9. The molecule has 8 aromatic carbocycles. The lowest BCUT2D eigenvalue weighted by atomic mass is 9.99. The molecule has 1 aliphatic heterocycles. The zero-order valence-corrected chi connectivity index (χ0v) is 32.1. The molecule has 0 radical (unpaired) electrons. The van der Waals surface area contributed by atoms with E-state index in [1.807, 2.05) is 24.3 Å². The van der Waals surface area contributed by atoms with Crippen molar-refractivity contribution in [2.75, 3.05) is 4.90 Å². The van der Waals surface area contributed by atoms with Crippen LogP contribution >= 0.6 is 0 Å². The maximum atomic E-state index is 5.39. The predicted molar refractivity (Wildman–Crippen MR) is 245 cm³/mol. The van der Waals surface area contributed by atoms with Gasteiger partial charge in [0.2, 0.25) is 0 Å². The van der Waals surface area contributed by atoms with E-state index in [0.717, 1.165) is 68.4 Å². The minimum Gasteiger partial charge on any atom is -0.309 e. The highest BCUT2D eigenvalue weighted by molar-refractivity contribution is 6.10. The first-order valence-electron chi connectivity index (χ1n) is 20.2. The van der Waals surface area contributed by atoms with E-state index in [2.05, 4.69) is 191 Å². The third-order valence-corrected chi connectivity index (χ3v) is 12.0. The minimum atomic E-state index is 0.687. The van der Waals surface area contributed by atoms with Crippen molar-refractivity contribution in [2.45, 2.75) is 6.42 Å². The fraction of sp³-hybridized carbons (Fsp3) is 0.0182. The van der Waals surface area contributed by atoms with Gasteiger partial charge in [-0.1, -0.05) is 152 Å². The van der Waals surface area contributed by atoms with Gasteiger partial charge in [0.05, 0.1) is 28.1 Å². The van der Waals surface area contributed by atoms with Crippen molar-refractivity contribution in [3.8, 4) is 50.6 Å². The Morgan fingerprint density at radius 2 is 1.07 bits per heavy atom. The molecule has 3 heterocycles. The summed E-state index contributed by atoms with van der Waals surface area (Å²) in [7, 11) is 0. The van der Waals surface area contributed by atoms with E-state index in [4.69, 9.17) is 9.97 Å². The fourth-order valence-electron chi connectivity index (χ4n) is 9.17. The van der Waals surface area contributed by atoms with E-state index in [-0.39, 0.29) is 0 Å². The number of rotatable bonds is 5. The van der Waals surface area contributed by atoms with Gasteiger partial charge in [-0.3, -0.25) is 4.90 Å². The van der Waals surface area contributed by atoms with Crippen LogP contribution in [0.1, 0.15) is 22.3 Å². The summed E-state index contributed by atoms with van der Waals surface area (Å²) in [5.74, 6) is 1.50. The van der Waals surface area contributed by atoms with Crippen LogP contribution in [0.2, 0.25) is 0 Å². The molecular weight excluding hydrogens is 717 g/mol. The van der Waals surface area contributed by atoms with Crippen LogP contribution in [0.25, 0.3) is 84.5 Å². The van der Waals surface area contributed by atoms with Gasteiger partial charge in [0.1, 0.15) is 5.82 Å². The fourth-order valence-corrected chi connectivity index (χ4v) is 9.17. The maximum absolute atomic E-state index is 5.39. The number of hydrogen-bond acceptors (Lipinski definition) is 3. The molecule has 2 aliphatic rings. The Kier molecular flexibility index (Phi) is 7.57. The van der Waals surface area contributed by atoms with Crippen molar-refractivity contribution < 1.29 is 0 Å². The van der Waals surface area contributed by atoms with Crippen LogP contribution < -0.4 is 4.90 Å². The van der Waals surface area contributed by atoms with Gasteiger partial charge in [-0.25, -0.2) is 9.97 Å². The Bertz CT molecular complexity index is 3230. The molecule has 59 heavy (non-hydrogen) atoms. The molecule has 0 bridgehead atoms. The lowest BCUT2D eigenvalue weighted by Crippen LogP contribution is -2.15. The quantitative estimate of drug-likeness (QED) is 0.176. The van der Waals surface area contributed by atoms with E-state index >= 15 is 0 Å². The van der Waals surface area contributed by atoms with E-state index in [9.17, 15) is 0 Å². The second-order valence-electron chi connectivity index (χ2n) is 15.4. The lowest BCUT2D eigenvalue weighted by molar-refractivity contribution is 1.12. The normalized spacial score (nSPS) is 12.6. The van der Waals surface area contributed by atoms with Gasteiger partial charge in [-0.15, -0.1) is 0 Å². The first kappa shape index (κ1) is 33.3. The Balaban J connectivity index is 1.07. The molecule has 0 saturated carbocycles. The Morgan fingerprint density at radius 3 is 1.90 bits per heavy atom. The Morgan fingerprint density at radius 1 is 0.407 bits per heavy atom. The number of nitrogens with zero attached hydrogens (tertiary/aromatic N) is 4. The molecule has 0 N–H and O–H groups in total. The average Bonchev–Trinajstić information content (AvgIpc) is 3.78. The third kappa shape index (κ3) is 5.53. The highest BCUT2D eigenvalue weighted by Gasteiger charge is 2.28. The molecule has 0 atom stereocenters. The summed E-state index contributed by atoms with van der Waals surface area (Å²) < 4.78 is 2.39. The van der Waals surface area contributed by atoms with Gasteiger partial charge in [-0.2, -0.15) is 0 Å². The Labute approximate surface area is 342 Å². The van der Waals surface area contributed by atoms with Crippen LogP contribution in [0.3, 0.4) is 0 Å². The number of benzene rings is 8. The summed E-state index contributed by atoms with van der Waals surface area (Å²) in [6.45, 7) is 0. The van der Waals surface area contributed by atoms with Crippen LogP contribution in [0.4, 0.5) is 17.2 Å². The van der Waals surface area contributed by atoms with Gasteiger partial charge in [0, 0.05) is 33.7 Å². The molecule has 10 aromatic rings. The molecule has 0 saturated heterocycles. The van der Waals surface area contributed by atoms with Gasteiger partial charge >= 0.3 is 0 Å². The molecule has 0 fully saturated rings. The summed E-state index contributed by atoms with van der Waals surface area (Å²) >= 11 is 0. The summed E-state index contributed by atoms with van der Waals surface area (Å²) in [6.07, 6.45) is 5.49. The van der Waals surface area contributed by atoms with Crippen LogP contribution in [-0.2, 0) is 6.42 Å². The Hall–Kier alpha value is -7.82. The number of anilines is 3. The van der Waals surface area contributed by atoms with Crippen LogP contribution in [0.5, 0.6) is 0 Å². The number of fused-ring (bicyclic) bond motifs is 8. The SMILES string of the molecule is C1=Cc2cc3c(cc2N(c2cc(-c4ccccc4)nc(-c4ccccc4)n2)c2ccc(-c4ccc5c6ccccc6n(-c6ccccc6)c5c4)cc21)-c1ccccc1C3. The molecule has 4 nitrogen and oxygen atoms in total. The van der Waals surface area contributed by atoms with E-state index in [1.165, 1.54) is 44.1 Å². The molecular formula is C55H36N4. The molecule has 2 aromatic heterocycles. The van der Waals surface area contributed by atoms with Crippen LogP contribution in [0, 0.1) is 0 Å². The third-order valence-electron chi connectivity index (χ3n) is 12.0. The average molecular weight is 753 g/mol. The lowest BCUT2D eigenvalue weighted by Gasteiger charge is -2.28. The molecule has 12 rings (SSSR count). The summed E-state index contributed by atoms with van der Waals surface area (Å²) in [6, 6.07) is 69.6. The molecule has 4 heteroatoms. The molecule has 0 spiro atoms. The monoisotopic (exact) mass is 752 g/mol. The van der Waals surface area contributed by atoms with E-state index < -0.39 is 0 Å². The molecule has 1 aliphatic carbocycles. The van der Waals surface area contributed by atoms with Crippen molar-refractivity contribution in [1.29, 1.82) is 0 Å². The topological polar surface area (TPSA) is 34.0 Å². The van der Waals surface area contributed by atoms with Crippen molar-refractivity contribution in [1.82, 2.24) is 14.5 Å². The highest BCUT2D eigenvalue weighted by atomic mass is 15.2. The van der Waals surface area contributed by atoms with E-state index in [1.54, 1.807) is 0 Å².